The van der Waals surface area contributed by atoms with Gasteiger partial charge in [-0.05, 0) is 5.92 Å². The molecule has 0 spiro atoms. The highest BCUT2D eigenvalue weighted by molar-refractivity contribution is 8.26. The zero-order chi connectivity index (χ0) is 12.3. The molecule has 0 aromatic carbocycles. The Morgan fingerprint density at radius 2 is 2.31 bits per heavy atom. The molecule has 1 aliphatic heterocycles. The topological polar surface area (TPSA) is 57.6 Å². The van der Waals surface area contributed by atoms with Crippen LogP contribution in [0.4, 0.5) is 0 Å². The molecule has 88 valence electrons. The van der Waals surface area contributed by atoms with E-state index in [2.05, 4.69) is 0 Å². The number of rotatable bonds is 4. The molecule has 1 heterocycles. The molecule has 4 nitrogen and oxygen atoms in total. The highest BCUT2D eigenvalue weighted by atomic mass is 32.2. The summed E-state index contributed by atoms with van der Waals surface area (Å²) in [5.74, 6) is -1.06. The van der Waals surface area contributed by atoms with E-state index in [-0.39, 0.29) is 12.5 Å². The van der Waals surface area contributed by atoms with Crippen LogP contribution in [0.25, 0.3) is 0 Å². The summed E-state index contributed by atoms with van der Waals surface area (Å²) in [5, 5.41) is 8.64. The average Bonchev–Trinajstić information content (AvgIpc) is 2.45. The van der Waals surface area contributed by atoms with E-state index in [1.165, 1.54) is 11.8 Å². The summed E-state index contributed by atoms with van der Waals surface area (Å²) in [7, 11) is 0. The summed E-state index contributed by atoms with van der Waals surface area (Å²) < 4.78 is 0.321. The first-order chi connectivity index (χ1) is 7.45. The minimum absolute atomic E-state index is 0.291. The SMILES string of the molecule is CCC(C)/C=C1\SC(=S)N(CC(=O)O)C1=O. The number of carboxylic acids is 1. The predicted octanol–water partition coefficient (Wildman–Crippen LogP) is 1.86. The highest BCUT2D eigenvalue weighted by Crippen LogP contribution is 2.31. The van der Waals surface area contributed by atoms with Crippen LogP contribution < -0.4 is 0 Å². The van der Waals surface area contributed by atoms with Gasteiger partial charge in [0.2, 0.25) is 0 Å². The third kappa shape index (κ3) is 3.05. The first-order valence-electron chi connectivity index (χ1n) is 4.93. The maximum Gasteiger partial charge on any atom is 0.323 e. The van der Waals surface area contributed by atoms with Crippen molar-refractivity contribution in [1.29, 1.82) is 0 Å². The minimum atomic E-state index is -1.05. The molecule has 1 N–H and O–H groups in total. The predicted molar refractivity (Wildman–Crippen MR) is 67.1 cm³/mol. The molecule has 0 saturated carbocycles. The molecule has 6 heteroatoms. The van der Waals surface area contributed by atoms with Gasteiger partial charge >= 0.3 is 5.97 Å². The quantitative estimate of drug-likeness (QED) is 0.617. The van der Waals surface area contributed by atoms with Crippen molar-refractivity contribution in [1.82, 2.24) is 4.90 Å². The lowest BCUT2D eigenvalue weighted by molar-refractivity contribution is -0.140. The smallest absolute Gasteiger partial charge is 0.323 e. The van der Waals surface area contributed by atoms with Crippen LogP contribution in [0.1, 0.15) is 20.3 Å². The number of allylic oxidation sites excluding steroid dienone is 1. The summed E-state index contributed by atoms with van der Waals surface area (Å²) >= 11 is 6.14. The van der Waals surface area contributed by atoms with Gasteiger partial charge in [0.15, 0.2) is 0 Å². The standard InChI is InChI=1S/C10H13NO3S2/c1-3-6(2)4-7-9(14)11(5-8(12)13)10(15)16-7/h4,6H,3,5H2,1-2H3,(H,12,13)/b7-4-. The van der Waals surface area contributed by atoms with Gasteiger partial charge in [0.1, 0.15) is 10.9 Å². The number of hydrogen-bond donors (Lipinski definition) is 1. The van der Waals surface area contributed by atoms with Crippen molar-refractivity contribution in [2.75, 3.05) is 6.54 Å². The fraction of sp³-hybridized carbons (Fsp3) is 0.500. The molecule has 1 rings (SSSR count). The van der Waals surface area contributed by atoms with E-state index in [0.29, 0.717) is 15.1 Å². The molecule has 1 saturated heterocycles. The normalized spacial score (nSPS) is 20.6. The van der Waals surface area contributed by atoms with Crippen LogP contribution in [0.5, 0.6) is 0 Å². The lowest BCUT2D eigenvalue weighted by atomic mass is 10.1. The van der Waals surface area contributed by atoms with E-state index in [1.807, 2.05) is 19.9 Å². The Bertz CT molecular complexity index is 365. The number of carboxylic acid groups (broad SMARTS) is 1. The Hall–Kier alpha value is -0.880. The summed E-state index contributed by atoms with van der Waals surface area (Å²) in [5.41, 5.74) is 0. The van der Waals surface area contributed by atoms with Crippen LogP contribution in [0.15, 0.2) is 11.0 Å². The monoisotopic (exact) mass is 259 g/mol. The van der Waals surface area contributed by atoms with Gasteiger partial charge in [-0.3, -0.25) is 14.5 Å². The van der Waals surface area contributed by atoms with Crippen molar-refractivity contribution < 1.29 is 14.7 Å². The lowest BCUT2D eigenvalue weighted by Gasteiger charge is -2.10. The van der Waals surface area contributed by atoms with E-state index in [4.69, 9.17) is 17.3 Å². The summed E-state index contributed by atoms with van der Waals surface area (Å²) in [4.78, 5) is 24.0. The molecule has 0 bridgehead atoms. The second-order valence-electron chi connectivity index (χ2n) is 3.57. The summed E-state index contributed by atoms with van der Waals surface area (Å²) in [6.07, 6.45) is 2.78. The van der Waals surface area contributed by atoms with Crippen LogP contribution in [0, 0.1) is 5.92 Å². The van der Waals surface area contributed by atoms with E-state index in [9.17, 15) is 9.59 Å². The number of nitrogens with zero attached hydrogens (tertiary/aromatic N) is 1. The number of amides is 1. The van der Waals surface area contributed by atoms with Gasteiger partial charge in [-0.1, -0.05) is 50.3 Å². The lowest BCUT2D eigenvalue weighted by Crippen LogP contribution is -2.33. The Balaban J connectivity index is 2.82. The molecule has 0 aliphatic carbocycles. The second-order valence-corrected chi connectivity index (χ2v) is 5.25. The molecule has 16 heavy (non-hydrogen) atoms. The van der Waals surface area contributed by atoms with Crippen molar-refractivity contribution in [3.8, 4) is 0 Å². The number of carbonyl (C=O) groups excluding carboxylic acids is 1. The van der Waals surface area contributed by atoms with E-state index >= 15 is 0 Å². The van der Waals surface area contributed by atoms with Crippen LogP contribution >= 0.6 is 24.0 Å². The van der Waals surface area contributed by atoms with Crippen molar-refractivity contribution >= 4 is 40.2 Å². The maximum absolute atomic E-state index is 11.8. The number of thiocarbonyl (C=S) groups is 1. The van der Waals surface area contributed by atoms with Crippen molar-refractivity contribution in [3.05, 3.63) is 11.0 Å². The first-order valence-corrected chi connectivity index (χ1v) is 6.15. The first kappa shape index (κ1) is 13.2. The molecular formula is C10H13NO3S2. The summed E-state index contributed by atoms with van der Waals surface area (Å²) in [6, 6.07) is 0. The molecule has 1 aliphatic rings. The van der Waals surface area contributed by atoms with Gasteiger partial charge in [0.05, 0.1) is 4.91 Å². The van der Waals surface area contributed by atoms with Gasteiger partial charge in [0.25, 0.3) is 5.91 Å². The molecule has 0 radical (unpaired) electrons. The van der Waals surface area contributed by atoms with E-state index < -0.39 is 5.97 Å². The van der Waals surface area contributed by atoms with E-state index in [0.717, 1.165) is 11.3 Å². The average molecular weight is 259 g/mol. The van der Waals surface area contributed by atoms with Crippen LogP contribution in [0.2, 0.25) is 0 Å². The number of aliphatic carboxylic acids is 1. The largest absolute Gasteiger partial charge is 0.480 e. The molecular weight excluding hydrogens is 246 g/mol. The van der Waals surface area contributed by atoms with Gasteiger partial charge in [-0.2, -0.15) is 0 Å². The fourth-order valence-corrected chi connectivity index (χ4v) is 2.52. The Morgan fingerprint density at radius 3 is 2.81 bits per heavy atom. The Kier molecular flexibility index (Phi) is 4.49. The van der Waals surface area contributed by atoms with Gasteiger partial charge in [-0.15, -0.1) is 0 Å². The Labute approximate surface area is 104 Å². The Morgan fingerprint density at radius 1 is 1.69 bits per heavy atom. The molecule has 0 aromatic rings. The number of hydrogen-bond acceptors (Lipinski definition) is 4. The summed E-state index contributed by atoms with van der Waals surface area (Å²) in [6.45, 7) is 3.67. The van der Waals surface area contributed by atoms with Crippen LogP contribution in [-0.4, -0.2) is 32.7 Å². The van der Waals surface area contributed by atoms with Crippen molar-refractivity contribution in [2.24, 2.45) is 5.92 Å². The highest BCUT2D eigenvalue weighted by Gasteiger charge is 2.33. The zero-order valence-corrected chi connectivity index (χ0v) is 10.7. The van der Waals surface area contributed by atoms with Crippen molar-refractivity contribution in [2.45, 2.75) is 20.3 Å². The third-order valence-corrected chi connectivity index (χ3v) is 3.64. The minimum Gasteiger partial charge on any atom is -0.480 e. The molecule has 1 atom stereocenters. The van der Waals surface area contributed by atoms with Crippen LogP contribution in [0.3, 0.4) is 0 Å². The zero-order valence-electron chi connectivity index (χ0n) is 9.10. The molecule has 1 amide bonds. The van der Waals surface area contributed by atoms with Gasteiger partial charge in [-0.25, -0.2) is 0 Å². The van der Waals surface area contributed by atoms with Gasteiger partial charge in [0, 0.05) is 0 Å². The number of carbonyl (C=O) groups is 2. The van der Waals surface area contributed by atoms with Crippen LogP contribution in [-0.2, 0) is 9.59 Å². The van der Waals surface area contributed by atoms with E-state index in [1.54, 1.807) is 0 Å². The molecule has 1 unspecified atom stereocenters. The third-order valence-electron chi connectivity index (χ3n) is 2.25. The molecule has 1 fully saturated rings. The maximum atomic E-state index is 11.8. The fourth-order valence-electron chi connectivity index (χ4n) is 1.16. The second kappa shape index (κ2) is 5.45. The van der Waals surface area contributed by atoms with Crippen molar-refractivity contribution in [3.63, 3.8) is 0 Å². The molecule has 0 aromatic heterocycles. The van der Waals surface area contributed by atoms with Gasteiger partial charge < -0.3 is 5.11 Å². The number of thioether (sulfide) groups is 1.